The van der Waals surface area contributed by atoms with Crippen molar-refractivity contribution in [3.05, 3.63) is 23.8 Å². The average Bonchev–Trinajstić information content (AvgIpc) is 2.72. The number of carbonyl (C=O) groups is 1. The fourth-order valence-corrected chi connectivity index (χ4v) is 3.00. The zero-order valence-electron chi connectivity index (χ0n) is 18.2. The van der Waals surface area contributed by atoms with Crippen molar-refractivity contribution in [2.45, 2.75) is 64.2 Å². The van der Waals surface area contributed by atoms with Crippen LogP contribution in [-0.4, -0.2) is 39.4 Å². The first-order valence-electron chi connectivity index (χ1n) is 10.6. The van der Waals surface area contributed by atoms with E-state index in [0.717, 1.165) is 25.8 Å². The molecule has 0 atom stereocenters. The number of ether oxygens (including phenoxy) is 3. The van der Waals surface area contributed by atoms with Gasteiger partial charge >= 0.3 is 5.97 Å². The highest BCUT2D eigenvalue weighted by Crippen LogP contribution is 2.24. The normalized spacial score (nSPS) is 9.97. The second-order valence-corrected chi connectivity index (χ2v) is 6.99. The van der Waals surface area contributed by atoms with E-state index in [2.05, 4.69) is 0 Å². The van der Waals surface area contributed by atoms with Crippen LogP contribution in [0.2, 0.25) is 0 Å². The van der Waals surface area contributed by atoms with Crippen LogP contribution in [0.5, 0.6) is 11.5 Å². The first-order valence-corrected chi connectivity index (χ1v) is 10.6. The maximum absolute atomic E-state index is 11.8. The van der Waals surface area contributed by atoms with Crippen LogP contribution in [0.1, 0.15) is 74.6 Å². The van der Waals surface area contributed by atoms with E-state index >= 15 is 0 Å². The average molecular weight is 467 g/mol. The Labute approximate surface area is 194 Å². The summed E-state index contributed by atoms with van der Waals surface area (Å²) in [7, 11) is 1.36. The van der Waals surface area contributed by atoms with Crippen LogP contribution in [-0.2, 0) is 4.74 Å². The fourth-order valence-electron chi connectivity index (χ4n) is 3.00. The number of esters is 1. The Morgan fingerprint density at radius 3 is 1.63 bits per heavy atom. The van der Waals surface area contributed by atoms with E-state index in [4.69, 9.17) is 25.7 Å². The van der Waals surface area contributed by atoms with Gasteiger partial charge in [-0.3, -0.25) is 0 Å². The van der Waals surface area contributed by atoms with Gasteiger partial charge in [0.2, 0.25) is 0 Å². The van der Waals surface area contributed by atoms with Crippen LogP contribution in [0.4, 0.5) is 0 Å². The summed E-state index contributed by atoms with van der Waals surface area (Å²) in [6.07, 6.45) is 12.4. The van der Waals surface area contributed by atoms with E-state index in [1.165, 1.54) is 52.1 Å². The third-order valence-corrected chi connectivity index (χ3v) is 4.55. The van der Waals surface area contributed by atoms with Gasteiger partial charge in [0.25, 0.3) is 0 Å². The highest BCUT2D eigenvalue weighted by Gasteiger charge is 2.10. The lowest BCUT2D eigenvalue weighted by Gasteiger charge is -2.11. The highest BCUT2D eigenvalue weighted by molar-refractivity contribution is 5.90. The zero-order chi connectivity index (χ0) is 20.5. The summed E-state index contributed by atoms with van der Waals surface area (Å²) in [5.74, 6) is 0.772. The molecular weight excluding hydrogens is 427 g/mol. The lowest BCUT2D eigenvalue weighted by atomic mass is 10.1. The molecule has 0 radical (unpaired) electrons. The van der Waals surface area contributed by atoms with Crippen LogP contribution >= 0.6 is 24.8 Å². The Hall–Kier alpha value is -1.21. The molecule has 6 nitrogen and oxygen atoms in total. The summed E-state index contributed by atoms with van der Waals surface area (Å²) < 4.78 is 16.1. The molecule has 8 heteroatoms. The molecule has 0 bridgehead atoms. The molecule has 0 aliphatic carbocycles. The van der Waals surface area contributed by atoms with Gasteiger partial charge in [0, 0.05) is 12.6 Å². The first kappa shape index (κ1) is 31.0. The van der Waals surface area contributed by atoms with Gasteiger partial charge in [-0.05, 0) is 31.5 Å². The van der Waals surface area contributed by atoms with E-state index in [1.54, 1.807) is 18.2 Å². The maximum atomic E-state index is 11.8. The second-order valence-electron chi connectivity index (χ2n) is 6.99. The quantitative estimate of drug-likeness (QED) is 0.250. The molecule has 0 saturated carbocycles. The molecule has 0 amide bonds. The molecule has 0 saturated heterocycles. The molecule has 0 aliphatic heterocycles. The van der Waals surface area contributed by atoms with Gasteiger partial charge in [0.1, 0.15) is 18.1 Å². The number of hydrogen-bond donors (Lipinski definition) is 2. The van der Waals surface area contributed by atoms with Gasteiger partial charge in [-0.1, -0.05) is 51.4 Å². The van der Waals surface area contributed by atoms with Gasteiger partial charge in [-0.2, -0.15) is 0 Å². The minimum Gasteiger partial charge on any atom is -0.493 e. The summed E-state index contributed by atoms with van der Waals surface area (Å²) in [6, 6.07) is 5.11. The van der Waals surface area contributed by atoms with Gasteiger partial charge in [-0.15, -0.1) is 24.8 Å². The molecule has 0 unspecified atom stereocenters. The number of benzene rings is 1. The van der Waals surface area contributed by atoms with Crippen LogP contribution in [0.15, 0.2) is 18.2 Å². The van der Waals surface area contributed by atoms with Crippen molar-refractivity contribution in [3.63, 3.8) is 0 Å². The van der Waals surface area contributed by atoms with Crippen molar-refractivity contribution in [2.24, 2.45) is 11.5 Å². The molecule has 0 spiro atoms. The molecule has 0 fully saturated rings. The summed E-state index contributed by atoms with van der Waals surface area (Å²) in [5, 5.41) is 0. The van der Waals surface area contributed by atoms with E-state index in [-0.39, 0.29) is 24.8 Å². The van der Waals surface area contributed by atoms with Crippen molar-refractivity contribution >= 4 is 30.8 Å². The third kappa shape index (κ3) is 14.7. The Bertz CT molecular complexity index is 548. The Morgan fingerprint density at radius 2 is 1.17 bits per heavy atom. The first-order chi connectivity index (χ1) is 13.7. The smallest absolute Gasteiger partial charge is 0.338 e. The van der Waals surface area contributed by atoms with Crippen LogP contribution < -0.4 is 20.9 Å². The maximum Gasteiger partial charge on any atom is 0.338 e. The van der Waals surface area contributed by atoms with Gasteiger partial charge in [0.05, 0.1) is 19.3 Å². The Morgan fingerprint density at radius 1 is 0.700 bits per heavy atom. The fraction of sp³-hybridized carbons (Fsp3) is 0.682. The molecule has 176 valence electrons. The molecular formula is C22H40Cl2N2O4. The monoisotopic (exact) mass is 466 g/mol. The molecule has 0 heterocycles. The second kappa shape index (κ2) is 21.0. The number of rotatable bonds is 17. The number of hydrogen-bond acceptors (Lipinski definition) is 6. The summed E-state index contributed by atoms with van der Waals surface area (Å²) in [4.78, 5) is 11.8. The predicted molar refractivity (Wildman–Crippen MR) is 128 cm³/mol. The van der Waals surface area contributed by atoms with Crippen molar-refractivity contribution in [3.8, 4) is 11.5 Å². The largest absolute Gasteiger partial charge is 0.493 e. The number of halogens is 2. The lowest BCUT2D eigenvalue weighted by molar-refractivity contribution is 0.0599. The summed E-state index contributed by atoms with van der Waals surface area (Å²) in [6.45, 7) is 2.24. The van der Waals surface area contributed by atoms with Crippen LogP contribution in [0.3, 0.4) is 0 Å². The standard InChI is InChI=1S/C22H38N2O4.2ClH/c1-26-22(25)19-16-20(18-21(17-19)28-15-13-24)27-14-11-9-7-5-3-2-4-6-8-10-12-23;;/h16-18H,2-15,23-24H2,1H3;2*1H. The zero-order valence-corrected chi connectivity index (χ0v) is 19.9. The molecule has 1 rings (SSSR count). The number of nitrogens with two attached hydrogens (primary N) is 2. The van der Waals surface area contributed by atoms with Crippen molar-refractivity contribution in [1.29, 1.82) is 0 Å². The molecule has 1 aromatic carbocycles. The van der Waals surface area contributed by atoms with Gasteiger partial charge < -0.3 is 25.7 Å². The lowest BCUT2D eigenvalue weighted by Crippen LogP contribution is -2.11. The summed E-state index contributed by atoms with van der Waals surface area (Å²) in [5.41, 5.74) is 11.4. The topological polar surface area (TPSA) is 96.8 Å². The van der Waals surface area contributed by atoms with E-state index in [9.17, 15) is 4.79 Å². The molecule has 0 aromatic heterocycles. The van der Waals surface area contributed by atoms with Crippen molar-refractivity contribution < 1.29 is 19.0 Å². The SMILES string of the molecule is COC(=O)c1cc(OCCN)cc(OCCCCCCCCCCCCN)c1.Cl.Cl. The molecule has 4 N–H and O–H groups in total. The number of carbonyl (C=O) groups excluding carboxylic acids is 1. The van der Waals surface area contributed by atoms with E-state index < -0.39 is 5.97 Å². The Balaban J connectivity index is 0. The van der Waals surface area contributed by atoms with Gasteiger partial charge in [-0.25, -0.2) is 4.79 Å². The van der Waals surface area contributed by atoms with Crippen molar-refractivity contribution in [2.75, 3.05) is 33.4 Å². The third-order valence-electron chi connectivity index (χ3n) is 4.55. The number of methoxy groups -OCH3 is 1. The minimum atomic E-state index is -0.411. The van der Waals surface area contributed by atoms with Crippen LogP contribution in [0, 0.1) is 0 Å². The minimum absolute atomic E-state index is 0. The predicted octanol–water partition coefficient (Wildman–Crippen LogP) is 4.89. The van der Waals surface area contributed by atoms with E-state index in [0.29, 0.717) is 36.8 Å². The van der Waals surface area contributed by atoms with Crippen molar-refractivity contribution in [1.82, 2.24) is 0 Å². The van der Waals surface area contributed by atoms with E-state index in [1.807, 2.05) is 0 Å². The molecule has 30 heavy (non-hydrogen) atoms. The molecule has 0 aliphatic rings. The van der Waals surface area contributed by atoms with Gasteiger partial charge in [0.15, 0.2) is 0 Å². The highest BCUT2D eigenvalue weighted by atomic mass is 35.5. The van der Waals surface area contributed by atoms with Crippen LogP contribution in [0.25, 0.3) is 0 Å². The molecule has 1 aromatic rings. The summed E-state index contributed by atoms with van der Waals surface area (Å²) >= 11 is 0. The Kier molecular flexibility index (Phi) is 21.7. The number of unbranched alkanes of at least 4 members (excludes halogenated alkanes) is 9.